The Bertz CT molecular complexity index is 955. The highest BCUT2D eigenvalue weighted by Gasteiger charge is 2.47. The summed E-state index contributed by atoms with van der Waals surface area (Å²) < 4.78 is 27.3. The van der Waals surface area contributed by atoms with E-state index in [9.17, 15) is 9.69 Å². The van der Waals surface area contributed by atoms with E-state index in [1.807, 2.05) is 30.3 Å². The largest absolute Gasteiger partial charge is 0.508 e. The van der Waals surface area contributed by atoms with E-state index < -0.39 is 25.1 Å². The lowest BCUT2D eigenvalue weighted by molar-refractivity contribution is -0.0250. The quantitative estimate of drug-likeness (QED) is 0.0516. The van der Waals surface area contributed by atoms with Crippen LogP contribution in [0.3, 0.4) is 0 Å². The van der Waals surface area contributed by atoms with Gasteiger partial charge < -0.3 is 33.5 Å². The van der Waals surface area contributed by atoms with Crippen molar-refractivity contribution in [1.29, 1.82) is 0 Å². The first-order valence-electron chi connectivity index (χ1n) is 16.0. The van der Waals surface area contributed by atoms with E-state index in [0.717, 1.165) is 29.8 Å². The van der Waals surface area contributed by atoms with Crippen LogP contribution in [0, 0.1) is 5.92 Å². The number of carbonyl (C=O) groups excluding carboxylic acids is 1. The Kier molecular flexibility index (Phi) is 19.8. The summed E-state index contributed by atoms with van der Waals surface area (Å²) in [5, 5.41) is 3.43. The molecule has 0 heterocycles. The first-order valence-corrected chi connectivity index (χ1v) is 19.0. The minimum atomic E-state index is -3.49. The van der Waals surface area contributed by atoms with Gasteiger partial charge in [0.1, 0.15) is 25.4 Å². The molecule has 0 spiro atoms. The standard InChI is InChI=1S/C32H54NO7PS2/c1-4-5-6-7-8-9-10-11-12-13-14-15-19-22-29(42)33-28-23-27(30(31(28)36-2)40-41(35,43)37-3)25-39-32(34)38-24-26-20-17-16-18-21-26/h16-18,20-21,27-28,30-31H,4-15,19,22-25H2,1-3H3,(H,33,42)(H,35,43)/t27-,28-,30?,31-,41?/m1/s1. The number of rotatable bonds is 23. The number of methoxy groups -OCH3 is 1. The van der Waals surface area contributed by atoms with Crippen molar-refractivity contribution in [3.05, 3.63) is 35.9 Å². The topological polar surface area (TPSA) is 95.5 Å². The third-order valence-electron chi connectivity index (χ3n) is 7.97. The number of unbranched alkanes of at least 4 members (excludes halogenated alkanes) is 12. The Balaban J connectivity index is 1.73. The van der Waals surface area contributed by atoms with Gasteiger partial charge in [0.15, 0.2) is 0 Å². The fraction of sp³-hybridized carbons (Fsp3) is 0.750. The van der Waals surface area contributed by atoms with Crippen molar-refractivity contribution in [2.75, 3.05) is 20.8 Å². The highest BCUT2D eigenvalue weighted by molar-refractivity contribution is 8.07. The van der Waals surface area contributed by atoms with Crippen molar-refractivity contribution in [1.82, 2.24) is 5.32 Å². The molecule has 0 aliphatic heterocycles. The number of thiocarbonyl (C=S) groups is 1. The lowest BCUT2D eigenvalue weighted by Gasteiger charge is -2.28. The Labute approximate surface area is 270 Å². The molecule has 1 fully saturated rings. The third kappa shape index (κ3) is 16.1. The SMILES string of the molecule is CCCCCCCCCCCCCCCC(=S)N[C@@H]1C[C@H](COC(=O)OCc2ccccc2)C(OP(O)(=S)OC)[C@@H]1OC. The monoisotopic (exact) mass is 659 g/mol. The Morgan fingerprint density at radius 3 is 2.05 bits per heavy atom. The van der Waals surface area contributed by atoms with Gasteiger partial charge in [0, 0.05) is 20.1 Å². The molecule has 8 nitrogen and oxygen atoms in total. The zero-order chi connectivity index (χ0) is 31.3. The van der Waals surface area contributed by atoms with Crippen LogP contribution < -0.4 is 5.32 Å². The maximum atomic E-state index is 12.3. The first kappa shape index (κ1) is 38.1. The van der Waals surface area contributed by atoms with Gasteiger partial charge in [-0.15, -0.1) is 0 Å². The molecule has 246 valence electrons. The molecule has 0 amide bonds. The molecular formula is C32H54NO7PS2. The van der Waals surface area contributed by atoms with Gasteiger partial charge in [0.25, 0.3) is 0 Å². The molecular weight excluding hydrogens is 605 g/mol. The van der Waals surface area contributed by atoms with E-state index in [0.29, 0.717) is 6.42 Å². The van der Waals surface area contributed by atoms with Crippen LogP contribution in [0.15, 0.2) is 30.3 Å². The van der Waals surface area contributed by atoms with Crippen LogP contribution in [0.5, 0.6) is 0 Å². The number of hydrogen-bond acceptors (Lipinski definition) is 8. The van der Waals surface area contributed by atoms with Gasteiger partial charge in [-0.1, -0.05) is 127 Å². The average molecular weight is 660 g/mol. The van der Waals surface area contributed by atoms with Crippen LogP contribution >= 0.6 is 18.9 Å². The molecule has 2 N–H and O–H groups in total. The molecule has 1 aromatic rings. The normalized spacial score (nSPS) is 21.3. The molecule has 11 heteroatoms. The van der Waals surface area contributed by atoms with Gasteiger partial charge in [-0.05, 0) is 36.6 Å². The minimum absolute atomic E-state index is 0.0149. The van der Waals surface area contributed by atoms with Crippen molar-refractivity contribution in [2.45, 2.75) is 128 Å². The molecule has 1 aliphatic rings. The Hall–Kier alpha value is -1.13. The molecule has 1 aliphatic carbocycles. The van der Waals surface area contributed by atoms with E-state index in [2.05, 4.69) is 12.2 Å². The first-order chi connectivity index (χ1) is 20.8. The van der Waals surface area contributed by atoms with Crippen LogP contribution in [0.2, 0.25) is 0 Å². The second-order valence-corrected chi connectivity index (χ2v) is 14.8. The van der Waals surface area contributed by atoms with Gasteiger partial charge in [-0.3, -0.25) is 0 Å². The maximum Gasteiger partial charge on any atom is 0.508 e. The van der Waals surface area contributed by atoms with E-state index in [1.54, 1.807) is 7.11 Å². The van der Waals surface area contributed by atoms with E-state index in [1.165, 1.54) is 77.7 Å². The Morgan fingerprint density at radius 2 is 1.49 bits per heavy atom. The van der Waals surface area contributed by atoms with Crippen molar-refractivity contribution in [3.63, 3.8) is 0 Å². The summed E-state index contributed by atoms with van der Waals surface area (Å²) in [6, 6.07) is 9.19. The summed E-state index contributed by atoms with van der Waals surface area (Å²) in [7, 11) is 2.89. The third-order valence-corrected chi connectivity index (χ3v) is 9.97. The van der Waals surface area contributed by atoms with Crippen LogP contribution in [0.1, 0.15) is 109 Å². The lowest BCUT2D eigenvalue weighted by Crippen LogP contribution is -2.44. The van der Waals surface area contributed by atoms with Crippen LogP contribution in [-0.4, -0.2) is 55.1 Å². The van der Waals surface area contributed by atoms with Crippen molar-refractivity contribution < 1.29 is 32.9 Å². The van der Waals surface area contributed by atoms with Gasteiger partial charge in [0.05, 0.1) is 11.0 Å². The Morgan fingerprint density at radius 1 is 0.907 bits per heavy atom. The molecule has 0 saturated heterocycles. The predicted octanol–water partition coefficient (Wildman–Crippen LogP) is 8.39. The number of carbonyl (C=O) groups is 1. The van der Waals surface area contributed by atoms with Crippen LogP contribution in [0.25, 0.3) is 0 Å². The van der Waals surface area contributed by atoms with Gasteiger partial charge in [0.2, 0.25) is 0 Å². The van der Waals surface area contributed by atoms with Crippen LogP contribution in [0.4, 0.5) is 4.79 Å². The molecule has 2 unspecified atom stereocenters. The summed E-state index contributed by atoms with van der Waals surface area (Å²) >= 11 is 10.8. The lowest BCUT2D eigenvalue weighted by atomic mass is 10.0. The molecule has 0 radical (unpaired) electrons. The highest BCUT2D eigenvalue weighted by Crippen LogP contribution is 2.48. The van der Waals surface area contributed by atoms with Gasteiger partial charge in [-0.2, -0.15) is 0 Å². The smallest absolute Gasteiger partial charge is 0.434 e. The highest BCUT2D eigenvalue weighted by atomic mass is 32.5. The maximum absolute atomic E-state index is 12.3. The zero-order valence-electron chi connectivity index (χ0n) is 26.4. The second-order valence-electron chi connectivity index (χ2n) is 11.4. The van der Waals surface area contributed by atoms with Crippen LogP contribution in [-0.2, 0) is 41.7 Å². The second kappa shape index (κ2) is 22.4. The van der Waals surface area contributed by atoms with E-state index >= 15 is 0 Å². The molecule has 0 bridgehead atoms. The van der Waals surface area contributed by atoms with Gasteiger partial charge in [-0.25, -0.2) is 4.79 Å². The zero-order valence-corrected chi connectivity index (χ0v) is 28.9. The molecule has 2 rings (SSSR count). The number of benzene rings is 1. The fourth-order valence-corrected chi connectivity index (χ4v) is 6.83. The van der Waals surface area contributed by atoms with Crippen molar-refractivity contribution in [3.8, 4) is 0 Å². The molecule has 5 atom stereocenters. The van der Waals surface area contributed by atoms with Crippen molar-refractivity contribution in [2.24, 2.45) is 5.92 Å². The fourth-order valence-electron chi connectivity index (χ4n) is 5.55. The van der Waals surface area contributed by atoms with Crippen molar-refractivity contribution >= 4 is 41.9 Å². The minimum Gasteiger partial charge on any atom is -0.434 e. The number of nitrogens with one attached hydrogen (secondary N) is 1. The van der Waals surface area contributed by atoms with E-state index in [4.69, 9.17) is 47.3 Å². The number of hydrogen-bond donors (Lipinski definition) is 2. The molecule has 1 saturated carbocycles. The number of ether oxygens (including phenoxy) is 3. The summed E-state index contributed by atoms with van der Waals surface area (Å²) in [5.74, 6) is -0.310. The predicted molar refractivity (Wildman–Crippen MR) is 180 cm³/mol. The molecule has 1 aromatic carbocycles. The summed E-state index contributed by atoms with van der Waals surface area (Å²) in [5.41, 5.74) is 0.864. The average Bonchev–Trinajstić information content (AvgIpc) is 3.32. The summed E-state index contributed by atoms with van der Waals surface area (Å²) in [6.45, 7) is -1.10. The van der Waals surface area contributed by atoms with E-state index in [-0.39, 0.29) is 25.2 Å². The summed E-state index contributed by atoms with van der Waals surface area (Å²) in [6.07, 6.45) is 16.4. The molecule has 0 aromatic heterocycles. The summed E-state index contributed by atoms with van der Waals surface area (Å²) in [4.78, 5) is 23.5. The molecule has 43 heavy (non-hydrogen) atoms. The van der Waals surface area contributed by atoms with Gasteiger partial charge >= 0.3 is 12.9 Å².